The van der Waals surface area contributed by atoms with Crippen molar-refractivity contribution in [1.29, 1.82) is 0 Å². The zero-order valence-corrected chi connectivity index (χ0v) is 8.37. The molecule has 0 atom stereocenters. The maximum Gasteiger partial charge on any atom is 0.141 e. The molecule has 0 saturated heterocycles. The van der Waals surface area contributed by atoms with Crippen molar-refractivity contribution in [1.82, 2.24) is 9.97 Å². The van der Waals surface area contributed by atoms with Crippen molar-refractivity contribution in [2.24, 2.45) is 0 Å². The summed E-state index contributed by atoms with van der Waals surface area (Å²) in [5, 5.41) is 3.08. The van der Waals surface area contributed by atoms with Crippen LogP contribution in [0.3, 0.4) is 0 Å². The number of benzene rings is 1. The summed E-state index contributed by atoms with van der Waals surface area (Å²) >= 11 is 5.63. The minimum Gasteiger partial charge on any atom is -0.353 e. The molecule has 0 amide bonds. The van der Waals surface area contributed by atoms with Gasteiger partial charge in [-0.15, -0.1) is 0 Å². The van der Waals surface area contributed by atoms with Crippen LogP contribution in [0.5, 0.6) is 0 Å². The third kappa shape index (κ3) is 2.41. The first-order valence-electron chi connectivity index (χ1n) is 4.23. The lowest BCUT2D eigenvalue weighted by Crippen LogP contribution is -1.92. The van der Waals surface area contributed by atoms with Gasteiger partial charge in [-0.2, -0.15) is 0 Å². The Bertz CT molecular complexity index is 461. The monoisotopic (exact) mass is 223 g/mol. The zero-order chi connectivity index (χ0) is 10.7. The lowest BCUT2D eigenvalue weighted by Gasteiger charge is -2.05. The SMILES string of the molecule is Fc1ccc(Nc2cncnc2)cc1Cl. The second-order valence-corrected chi connectivity index (χ2v) is 3.29. The highest BCUT2D eigenvalue weighted by Crippen LogP contribution is 2.21. The predicted molar refractivity (Wildman–Crippen MR) is 56.7 cm³/mol. The quantitative estimate of drug-likeness (QED) is 0.851. The highest BCUT2D eigenvalue weighted by Gasteiger charge is 2.00. The van der Waals surface area contributed by atoms with E-state index in [9.17, 15) is 4.39 Å². The van der Waals surface area contributed by atoms with Gasteiger partial charge in [0.2, 0.25) is 0 Å². The van der Waals surface area contributed by atoms with Crippen molar-refractivity contribution in [2.75, 3.05) is 5.32 Å². The molecular formula is C10H7ClFN3. The molecule has 0 saturated carbocycles. The van der Waals surface area contributed by atoms with Crippen LogP contribution in [0.2, 0.25) is 5.02 Å². The lowest BCUT2D eigenvalue weighted by atomic mass is 10.3. The van der Waals surface area contributed by atoms with E-state index in [2.05, 4.69) is 15.3 Å². The smallest absolute Gasteiger partial charge is 0.141 e. The van der Waals surface area contributed by atoms with E-state index in [-0.39, 0.29) is 5.02 Å². The summed E-state index contributed by atoms with van der Waals surface area (Å²) in [4.78, 5) is 7.68. The molecule has 2 aromatic rings. The topological polar surface area (TPSA) is 37.8 Å². The molecule has 0 unspecified atom stereocenters. The fraction of sp³-hybridized carbons (Fsp3) is 0. The number of rotatable bonds is 2. The molecular weight excluding hydrogens is 217 g/mol. The Morgan fingerprint density at radius 1 is 1.13 bits per heavy atom. The van der Waals surface area contributed by atoms with E-state index in [1.165, 1.54) is 18.5 Å². The van der Waals surface area contributed by atoms with Gasteiger partial charge in [-0.05, 0) is 18.2 Å². The Morgan fingerprint density at radius 2 is 1.87 bits per heavy atom. The molecule has 1 N–H and O–H groups in total. The van der Waals surface area contributed by atoms with Gasteiger partial charge in [0.1, 0.15) is 12.1 Å². The maximum atomic E-state index is 12.9. The number of hydrogen-bond donors (Lipinski definition) is 1. The van der Waals surface area contributed by atoms with E-state index >= 15 is 0 Å². The average Bonchev–Trinajstić information content (AvgIpc) is 2.25. The lowest BCUT2D eigenvalue weighted by molar-refractivity contribution is 0.628. The number of anilines is 2. The fourth-order valence-corrected chi connectivity index (χ4v) is 1.28. The molecule has 2 rings (SSSR count). The molecule has 1 aromatic carbocycles. The van der Waals surface area contributed by atoms with Gasteiger partial charge < -0.3 is 5.32 Å². The first-order chi connectivity index (χ1) is 7.25. The van der Waals surface area contributed by atoms with E-state index in [0.29, 0.717) is 5.69 Å². The number of nitrogens with one attached hydrogen (secondary N) is 1. The molecule has 1 heterocycles. The molecule has 15 heavy (non-hydrogen) atoms. The first kappa shape index (κ1) is 9.86. The zero-order valence-electron chi connectivity index (χ0n) is 7.61. The molecule has 0 aliphatic carbocycles. The Balaban J connectivity index is 2.22. The van der Waals surface area contributed by atoms with Crippen molar-refractivity contribution < 1.29 is 4.39 Å². The highest BCUT2D eigenvalue weighted by molar-refractivity contribution is 6.31. The summed E-state index contributed by atoms with van der Waals surface area (Å²) < 4.78 is 12.9. The summed E-state index contributed by atoms with van der Waals surface area (Å²) in [6.45, 7) is 0. The van der Waals surface area contributed by atoms with Gasteiger partial charge in [-0.25, -0.2) is 14.4 Å². The van der Waals surface area contributed by atoms with Gasteiger partial charge in [0.05, 0.1) is 23.1 Å². The van der Waals surface area contributed by atoms with E-state index < -0.39 is 5.82 Å². The maximum absolute atomic E-state index is 12.9. The molecule has 0 aliphatic rings. The average molecular weight is 224 g/mol. The molecule has 3 nitrogen and oxygen atoms in total. The van der Waals surface area contributed by atoms with Gasteiger partial charge in [0.25, 0.3) is 0 Å². The summed E-state index contributed by atoms with van der Waals surface area (Å²) in [6.07, 6.45) is 4.66. The predicted octanol–water partition coefficient (Wildman–Crippen LogP) is 3.01. The Kier molecular flexibility index (Phi) is 2.78. The van der Waals surface area contributed by atoms with E-state index in [1.807, 2.05) is 0 Å². The van der Waals surface area contributed by atoms with Gasteiger partial charge in [0.15, 0.2) is 0 Å². The normalized spacial score (nSPS) is 10.0. The van der Waals surface area contributed by atoms with Crippen LogP contribution in [0.1, 0.15) is 0 Å². The number of halogens is 2. The standard InChI is InChI=1S/C10H7ClFN3/c11-9-3-7(1-2-10(9)12)15-8-4-13-6-14-5-8/h1-6,15H. The van der Waals surface area contributed by atoms with Gasteiger partial charge in [0, 0.05) is 5.69 Å². The largest absolute Gasteiger partial charge is 0.353 e. The van der Waals surface area contributed by atoms with Crippen LogP contribution in [0.15, 0.2) is 36.9 Å². The van der Waals surface area contributed by atoms with Crippen LogP contribution >= 0.6 is 11.6 Å². The van der Waals surface area contributed by atoms with Crippen molar-refractivity contribution in [3.63, 3.8) is 0 Å². The van der Waals surface area contributed by atoms with Gasteiger partial charge in [-0.1, -0.05) is 11.6 Å². The minimum atomic E-state index is -0.438. The molecule has 0 fully saturated rings. The van der Waals surface area contributed by atoms with E-state index in [1.54, 1.807) is 18.5 Å². The summed E-state index contributed by atoms with van der Waals surface area (Å²) in [6, 6.07) is 4.40. The molecule has 0 aliphatic heterocycles. The van der Waals surface area contributed by atoms with Crippen LogP contribution in [0.25, 0.3) is 0 Å². The molecule has 76 valence electrons. The number of nitrogens with zero attached hydrogens (tertiary/aromatic N) is 2. The second kappa shape index (κ2) is 4.23. The van der Waals surface area contributed by atoms with Crippen LogP contribution in [-0.4, -0.2) is 9.97 Å². The number of aromatic nitrogens is 2. The fourth-order valence-electron chi connectivity index (χ4n) is 1.10. The molecule has 1 aromatic heterocycles. The molecule has 0 bridgehead atoms. The van der Waals surface area contributed by atoms with Crippen molar-refractivity contribution >= 4 is 23.0 Å². The molecule has 0 spiro atoms. The van der Waals surface area contributed by atoms with E-state index in [4.69, 9.17) is 11.6 Å². The summed E-state index contributed by atoms with van der Waals surface area (Å²) in [5.74, 6) is -0.438. The van der Waals surface area contributed by atoms with Crippen LogP contribution in [0.4, 0.5) is 15.8 Å². The van der Waals surface area contributed by atoms with Crippen LogP contribution < -0.4 is 5.32 Å². The van der Waals surface area contributed by atoms with Crippen molar-refractivity contribution in [3.05, 3.63) is 47.8 Å². The van der Waals surface area contributed by atoms with Gasteiger partial charge in [-0.3, -0.25) is 0 Å². The third-order valence-corrected chi connectivity index (χ3v) is 2.06. The van der Waals surface area contributed by atoms with E-state index in [0.717, 1.165) is 5.69 Å². The Hall–Kier alpha value is -1.68. The highest BCUT2D eigenvalue weighted by atomic mass is 35.5. The van der Waals surface area contributed by atoms with Crippen molar-refractivity contribution in [3.8, 4) is 0 Å². The minimum absolute atomic E-state index is 0.0804. The van der Waals surface area contributed by atoms with Crippen LogP contribution in [0, 0.1) is 5.82 Å². The van der Waals surface area contributed by atoms with Crippen molar-refractivity contribution in [2.45, 2.75) is 0 Å². The van der Waals surface area contributed by atoms with Gasteiger partial charge >= 0.3 is 0 Å². The third-order valence-electron chi connectivity index (χ3n) is 1.77. The summed E-state index contributed by atoms with van der Waals surface area (Å²) in [5.41, 5.74) is 1.41. The molecule has 0 radical (unpaired) electrons. The summed E-state index contributed by atoms with van der Waals surface area (Å²) in [7, 11) is 0. The molecule has 5 heteroatoms. The Labute approximate surface area is 90.9 Å². The number of hydrogen-bond acceptors (Lipinski definition) is 3. The Morgan fingerprint density at radius 3 is 2.53 bits per heavy atom. The second-order valence-electron chi connectivity index (χ2n) is 2.88. The first-order valence-corrected chi connectivity index (χ1v) is 4.60. The van der Waals surface area contributed by atoms with Crippen LogP contribution in [-0.2, 0) is 0 Å².